The molecule has 3 N–H and O–H groups in total. The first-order valence-electron chi connectivity index (χ1n) is 5.62. The monoisotopic (exact) mass is 198 g/mol. The van der Waals surface area contributed by atoms with Crippen molar-refractivity contribution in [2.45, 2.75) is 58.0 Å². The minimum atomic E-state index is -0.214. The smallest absolute Gasteiger partial charge is 0.218 e. The third kappa shape index (κ3) is 4.09. The van der Waals surface area contributed by atoms with Crippen LogP contribution in [0.1, 0.15) is 46.0 Å². The van der Waals surface area contributed by atoms with Crippen molar-refractivity contribution in [1.29, 1.82) is 0 Å². The summed E-state index contributed by atoms with van der Waals surface area (Å²) in [6, 6.07) is 0.825. The summed E-state index contributed by atoms with van der Waals surface area (Å²) in [5.41, 5.74) is 5.14. The van der Waals surface area contributed by atoms with Crippen LogP contribution < -0.4 is 11.1 Å². The lowest BCUT2D eigenvalue weighted by molar-refractivity contribution is -0.118. The van der Waals surface area contributed by atoms with Gasteiger partial charge in [-0.1, -0.05) is 6.92 Å². The average Bonchev–Trinajstić information content (AvgIpc) is 2.07. The zero-order valence-corrected chi connectivity index (χ0v) is 9.25. The molecule has 3 heteroatoms. The molecule has 0 spiro atoms. The molecule has 82 valence electrons. The van der Waals surface area contributed by atoms with Gasteiger partial charge in [-0.3, -0.25) is 4.79 Å². The summed E-state index contributed by atoms with van der Waals surface area (Å²) in [5, 5.41) is 3.47. The molecule has 0 radical (unpaired) electrons. The number of nitrogens with one attached hydrogen (secondary N) is 1. The Kier molecular flexibility index (Phi) is 4.39. The Labute approximate surface area is 86.4 Å². The molecule has 1 aliphatic rings. The number of rotatable bonds is 4. The van der Waals surface area contributed by atoms with Crippen LogP contribution in [0.4, 0.5) is 0 Å². The summed E-state index contributed by atoms with van der Waals surface area (Å²) in [7, 11) is 0. The van der Waals surface area contributed by atoms with Crippen molar-refractivity contribution < 1.29 is 4.79 Å². The van der Waals surface area contributed by atoms with E-state index in [0.29, 0.717) is 12.5 Å². The fourth-order valence-electron chi connectivity index (χ4n) is 2.19. The van der Waals surface area contributed by atoms with E-state index in [1.165, 1.54) is 25.7 Å². The first-order valence-corrected chi connectivity index (χ1v) is 5.62. The Bertz CT molecular complexity index is 186. The van der Waals surface area contributed by atoms with Crippen molar-refractivity contribution in [3.05, 3.63) is 0 Å². The van der Waals surface area contributed by atoms with E-state index in [1.807, 2.05) is 6.92 Å². The van der Waals surface area contributed by atoms with E-state index in [1.54, 1.807) is 0 Å². The number of amides is 1. The van der Waals surface area contributed by atoms with Crippen LogP contribution in [0.25, 0.3) is 0 Å². The quantitative estimate of drug-likeness (QED) is 0.717. The van der Waals surface area contributed by atoms with E-state index in [9.17, 15) is 4.79 Å². The summed E-state index contributed by atoms with van der Waals surface area (Å²) in [5.74, 6) is 0.661. The molecule has 0 saturated heterocycles. The molecule has 0 bridgehead atoms. The van der Waals surface area contributed by atoms with Crippen molar-refractivity contribution in [1.82, 2.24) is 5.32 Å². The van der Waals surface area contributed by atoms with E-state index in [2.05, 4.69) is 12.2 Å². The lowest BCUT2D eigenvalue weighted by Gasteiger charge is -2.29. The number of hydrogen-bond acceptors (Lipinski definition) is 2. The summed E-state index contributed by atoms with van der Waals surface area (Å²) in [6.45, 7) is 4.34. The van der Waals surface area contributed by atoms with Crippen molar-refractivity contribution in [3.8, 4) is 0 Å². The standard InChI is InChI=1S/C11H22N2O/c1-8-3-5-10(6-4-8)13-9(2)7-11(12)14/h8-10,13H,3-7H2,1-2H3,(H2,12,14). The van der Waals surface area contributed by atoms with E-state index in [4.69, 9.17) is 5.73 Å². The van der Waals surface area contributed by atoms with Crippen LogP contribution in [0.2, 0.25) is 0 Å². The van der Waals surface area contributed by atoms with Crippen LogP contribution in [-0.2, 0) is 4.79 Å². The Hall–Kier alpha value is -0.570. The van der Waals surface area contributed by atoms with E-state index in [-0.39, 0.29) is 11.9 Å². The van der Waals surface area contributed by atoms with Crippen LogP contribution in [0.15, 0.2) is 0 Å². The first kappa shape index (κ1) is 11.5. The maximum atomic E-state index is 10.7. The summed E-state index contributed by atoms with van der Waals surface area (Å²) in [6.07, 6.45) is 5.54. The summed E-state index contributed by atoms with van der Waals surface area (Å²) >= 11 is 0. The first-order chi connectivity index (χ1) is 6.58. The molecule has 0 aromatic rings. The van der Waals surface area contributed by atoms with Gasteiger partial charge in [-0.25, -0.2) is 0 Å². The molecule has 0 heterocycles. The zero-order chi connectivity index (χ0) is 10.6. The molecule has 0 aromatic heterocycles. The average molecular weight is 198 g/mol. The van der Waals surface area contributed by atoms with Crippen molar-refractivity contribution in [3.63, 3.8) is 0 Å². The second-order valence-corrected chi connectivity index (χ2v) is 4.69. The van der Waals surface area contributed by atoms with E-state index in [0.717, 1.165) is 5.92 Å². The van der Waals surface area contributed by atoms with E-state index < -0.39 is 0 Å². The van der Waals surface area contributed by atoms with Gasteiger partial charge in [-0.05, 0) is 38.5 Å². The predicted molar refractivity (Wildman–Crippen MR) is 57.8 cm³/mol. The summed E-state index contributed by atoms with van der Waals surface area (Å²) < 4.78 is 0. The Morgan fingerprint density at radius 3 is 2.50 bits per heavy atom. The molecule has 0 aromatic carbocycles. The number of hydrogen-bond donors (Lipinski definition) is 2. The second-order valence-electron chi connectivity index (χ2n) is 4.69. The predicted octanol–water partition coefficient (Wildman–Crippen LogP) is 1.42. The van der Waals surface area contributed by atoms with Crippen LogP contribution in [0.5, 0.6) is 0 Å². The van der Waals surface area contributed by atoms with Crippen LogP contribution in [-0.4, -0.2) is 18.0 Å². The van der Waals surface area contributed by atoms with Gasteiger partial charge in [0.05, 0.1) is 0 Å². The fourth-order valence-corrected chi connectivity index (χ4v) is 2.19. The zero-order valence-electron chi connectivity index (χ0n) is 9.25. The van der Waals surface area contributed by atoms with Gasteiger partial charge in [0.15, 0.2) is 0 Å². The molecule has 3 nitrogen and oxygen atoms in total. The summed E-state index contributed by atoms with van der Waals surface area (Å²) in [4.78, 5) is 10.7. The van der Waals surface area contributed by atoms with Crippen molar-refractivity contribution in [2.24, 2.45) is 11.7 Å². The lowest BCUT2D eigenvalue weighted by atomic mass is 9.87. The Morgan fingerprint density at radius 2 is 2.00 bits per heavy atom. The van der Waals surface area contributed by atoms with Crippen LogP contribution >= 0.6 is 0 Å². The largest absolute Gasteiger partial charge is 0.370 e. The van der Waals surface area contributed by atoms with Gasteiger partial charge in [0.25, 0.3) is 0 Å². The number of primary amides is 1. The van der Waals surface area contributed by atoms with Gasteiger partial charge >= 0.3 is 0 Å². The van der Waals surface area contributed by atoms with Gasteiger partial charge in [0, 0.05) is 18.5 Å². The van der Waals surface area contributed by atoms with Gasteiger partial charge in [0.2, 0.25) is 5.91 Å². The maximum Gasteiger partial charge on any atom is 0.218 e. The van der Waals surface area contributed by atoms with Crippen molar-refractivity contribution >= 4 is 5.91 Å². The number of nitrogens with two attached hydrogens (primary N) is 1. The molecule has 1 amide bonds. The normalized spacial score (nSPS) is 29.9. The van der Waals surface area contributed by atoms with Gasteiger partial charge in [-0.2, -0.15) is 0 Å². The second kappa shape index (κ2) is 5.35. The Balaban J connectivity index is 2.20. The molecule has 14 heavy (non-hydrogen) atoms. The molecule has 1 rings (SSSR count). The SMILES string of the molecule is CC1CCC(NC(C)CC(N)=O)CC1. The highest BCUT2D eigenvalue weighted by molar-refractivity contribution is 5.74. The Morgan fingerprint density at radius 1 is 1.43 bits per heavy atom. The highest BCUT2D eigenvalue weighted by atomic mass is 16.1. The minimum absolute atomic E-state index is 0.214. The maximum absolute atomic E-state index is 10.7. The molecule has 1 saturated carbocycles. The molecule has 1 unspecified atom stereocenters. The number of carbonyl (C=O) groups excluding carboxylic acids is 1. The molecule has 1 aliphatic carbocycles. The topological polar surface area (TPSA) is 55.1 Å². The van der Waals surface area contributed by atoms with Crippen LogP contribution in [0.3, 0.4) is 0 Å². The molecule has 0 aliphatic heterocycles. The highest BCUT2D eigenvalue weighted by Gasteiger charge is 2.19. The molecule has 1 fully saturated rings. The third-order valence-electron chi connectivity index (χ3n) is 3.04. The minimum Gasteiger partial charge on any atom is -0.370 e. The van der Waals surface area contributed by atoms with Gasteiger partial charge in [0.1, 0.15) is 0 Å². The molecule has 1 atom stereocenters. The fraction of sp³-hybridized carbons (Fsp3) is 0.909. The molecular weight excluding hydrogens is 176 g/mol. The molecular formula is C11H22N2O. The van der Waals surface area contributed by atoms with Gasteiger partial charge in [-0.15, -0.1) is 0 Å². The third-order valence-corrected chi connectivity index (χ3v) is 3.04. The van der Waals surface area contributed by atoms with Crippen molar-refractivity contribution in [2.75, 3.05) is 0 Å². The van der Waals surface area contributed by atoms with Gasteiger partial charge < -0.3 is 11.1 Å². The van der Waals surface area contributed by atoms with Crippen LogP contribution in [0, 0.1) is 5.92 Å². The lowest BCUT2D eigenvalue weighted by Crippen LogP contribution is -2.40. The highest BCUT2D eigenvalue weighted by Crippen LogP contribution is 2.23. The van der Waals surface area contributed by atoms with E-state index >= 15 is 0 Å². The number of carbonyl (C=O) groups is 1.